The zero-order valence-electron chi connectivity index (χ0n) is 11.5. The van der Waals surface area contributed by atoms with Crippen LogP contribution in [0.1, 0.15) is 5.56 Å². The molecule has 20 heavy (non-hydrogen) atoms. The van der Waals surface area contributed by atoms with E-state index in [2.05, 4.69) is 10.0 Å². The van der Waals surface area contributed by atoms with Gasteiger partial charge in [-0.05, 0) is 24.7 Å². The molecule has 1 heterocycles. The van der Waals surface area contributed by atoms with Crippen molar-refractivity contribution in [3.63, 3.8) is 0 Å². The minimum atomic E-state index is -3.50. The zero-order chi connectivity index (χ0) is 14.4. The van der Waals surface area contributed by atoms with Crippen molar-refractivity contribution in [1.29, 1.82) is 0 Å². The second-order valence-corrected chi connectivity index (χ2v) is 6.36. The van der Waals surface area contributed by atoms with E-state index >= 15 is 0 Å². The molecule has 112 valence electrons. The van der Waals surface area contributed by atoms with Crippen LogP contribution in [0.4, 0.5) is 0 Å². The summed E-state index contributed by atoms with van der Waals surface area (Å²) < 4.78 is 37.4. The molecule has 0 bridgehead atoms. The topological polar surface area (TPSA) is 76.7 Å². The zero-order valence-corrected chi connectivity index (χ0v) is 12.3. The van der Waals surface area contributed by atoms with Crippen LogP contribution in [0, 0.1) is 0 Å². The van der Waals surface area contributed by atoms with Crippen molar-refractivity contribution in [1.82, 2.24) is 10.0 Å². The first kappa shape index (κ1) is 15.4. The first-order chi connectivity index (χ1) is 9.62. The van der Waals surface area contributed by atoms with Gasteiger partial charge in [0.2, 0.25) is 10.0 Å². The molecule has 1 fully saturated rings. The van der Waals surface area contributed by atoms with Gasteiger partial charge in [0.15, 0.2) is 0 Å². The third kappa shape index (κ3) is 4.26. The van der Waals surface area contributed by atoms with Crippen LogP contribution in [-0.4, -0.2) is 47.9 Å². The molecule has 0 spiro atoms. The van der Waals surface area contributed by atoms with Crippen LogP contribution in [0.15, 0.2) is 29.2 Å². The summed E-state index contributed by atoms with van der Waals surface area (Å²) in [7, 11) is -1.65. The van der Waals surface area contributed by atoms with E-state index in [0.717, 1.165) is 5.56 Å². The third-order valence-corrected chi connectivity index (χ3v) is 4.44. The standard InChI is InChI=1S/C13H20N2O4S/c1-14-8-11-2-4-13(5-3-11)20(16,17)15-9-12-10-18-6-7-19-12/h2-5,12,14-15H,6-10H2,1H3. The summed E-state index contributed by atoms with van der Waals surface area (Å²) in [4.78, 5) is 0.258. The number of hydrogen-bond donors (Lipinski definition) is 2. The van der Waals surface area contributed by atoms with Gasteiger partial charge in [0.05, 0.1) is 30.8 Å². The van der Waals surface area contributed by atoms with Crippen LogP contribution >= 0.6 is 0 Å². The highest BCUT2D eigenvalue weighted by molar-refractivity contribution is 7.89. The first-order valence-electron chi connectivity index (χ1n) is 6.54. The predicted octanol–water partition coefficient (Wildman–Crippen LogP) is 0.0997. The largest absolute Gasteiger partial charge is 0.376 e. The summed E-state index contributed by atoms with van der Waals surface area (Å²) in [5, 5.41) is 3.01. The molecule has 0 amide bonds. The normalized spacial score (nSPS) is 19.9. The lowest BCUT2D eigenvalue weighted by atomic mass is 10.2. The molecule has 0 radical (unpaired) electrons. The highest BCUT2D eigenvalue weighted by Gasteiger charge is 2.19. The van der Waals surface area contributed by atoms with Gasteiger partial charge >= 0.3 is 0 Å². The van der Waals surface area contributed by atoms with E-state index in [-0.39, 0.29) is 17.5 Å². The summed E-state index contributed by atoms with van der Waals surface area (Å²) in [6, 6.07) is 6.80. The van der Waals surface area contributed by atoms with Crippen molar-refractivity contribution in [2.45, 2.75) is 17.5 Å². The molecule has 1 aliphatic heterocycles. The van der Waals surface area contributed by atoms with Crippen molar-refractivity contribution in [3.05, 3.63) is 29.8 Å². The van der Waals surface area contributed by atoms with Gasteiger partial charge < -0.3 is 14.8 Å². The number of ether oxygens (including phenoxy) is 2. The number of nitrogens with one attached hydrogen (secondary N) is 2. The lowest BCUT2D eigenvalue weighted by molar-refractivity contribution is -0.0846. The first-order valence-corrected chi connectivity index (χ1v) is 8.02. The maximum absolute atomic E-state index is 12.1. The summed E-state index contributed by atoms with van der Waals surface area (Å²) >= 11 is 0. The van der Waals surface area contributed by atoms with E-state index in [1.54, 1.807) is 24.3 Å². The van der Waals surface area contributed by atoms with E-state index in [4.69, 9.17) is 9.47 Å². The predicted molar refractivity (Wildman–Crippen MR) is 75.0 cm³/mol. The average Bonchev–Trinajstić information content (AvgIpc) is 2.47. The number of rotatable bonds is 6. The lowest BCUT2D eigenvalue weighted by Crippen LogP contribution is -2.39. The average molecular weight is 300 g/mol. The quantitative estimate of drug-likeness (QED) is 0.779. The molecule has 1 atom stereocenters. The number of benzene rings is 1. The van der Waals surface area contributed by atoms with Crippen molar-refractivity contribution in [2.24, 2.45) is 0 Å². The van der Waals surface area contributed by atoms with Gasteiger partial charge in [-0.1, -0.05) is 12.1 Å². The highest BCUT2D eigenvalue weighted by atomic mass is 32.2. The Morgan fingerprint density at radius 1 is 1.25 bits per heavy atom. The van der Waals surface area contributed by atoms with Gasteiger partial charge in [-0.3, -0.25) is 0 Å². The SMILES string of the molecule is CNCc1ccc(S(=O)(=O)NCC2COCCO2)cc1. The molecule has 1 aromatic rings. The van der Waals surface area contributed by atoms with E-state index in [1.165, 1.54) is 0 Å². The van der Waals surface area contributed by atoms with Crippen molar-refractivity contribution in [3.8, 4) is 0 Å². The second kappa shape index (κ2) is 7.14. The van der Waals surface area contributed by atoms with Crippen LogP contribution < -0.4 is 10.0 Å². The Labute approximate surface area is 119 Å². The van der Waals surface area contributed by atoms with Gasteiger partial charge in [0.25, 0.3) is 0 Å². The highest BCUT2D eigenvalue weighted by Crippen LogP contribution is 2.11. The number of sulfonamides is 1. The minimum Gasteiger partial charge on any atom is -0.376 e. The van der Waals surface area contributed by atoms with Gasteiger partial charge in [0, 0.05) is 13.1 Å². The van der Waals surface area contributed by atoms with Crippen LogP contribution in [-0.2, 0) is 26.0 Å². The van der Waals surface area contributed by atoms with Gasteiger partial charge in [-0.15, -0.1) is 0 Å². The summed E-state index contributed by atoms with van der Waals surface area (Å²) in [5.74, 6) is 0. The van der Waals surface area contributed by atoms with Crippen LogP contribution in [0.5, 0.6) is 0 Å². The Morgan fingerprint density at radius 2 is 2.00 bits per heavy atom. The molecular formula is C13H20N2O4S. The van der Waals surface area contributed by atoms with E-state index in [9.17, 15) is 8.42 Å². The molecule has 2 rings (SSSR count). The van der Waals surface area contributed by atoms with E-state index < -0.39 is 10.0 Å². The molecule has 2 N–H and O–H groups in total. The van der Waals surface area contributed by atoms with Crippen LogP contribution in [0.3, 0.4) is 0 Å². The van der Waals surface area contributed by atoms with Crippen molar-refractivity contribution >= 4 is 10.0 Å². The Balaban J connectivity index is 1.94. The molecule has 1 aromatic carbocycles. The van der Waals surface area contributed by atoms with Crippen molar-refractivity contribution in [2.75, 3.05) is 33.4 Å². The van der Waals surface area contributed by atoms with Gasteiger partial charge in [-0.2, -0.15) is 0 Å². The molecule has 1 unspecified atom stereocenters. The summed E-state index contributed by atoms with van der Waals surface area (Å²) in [6.45, 7) is 2.42. The molecule has 0 aliphatic carbocycles. The van der Waals surface area contributed by atoms with Crippen LogP contribution in [0.25, 0.3) is 0 Å². The van der Waals surface area contributed by atoms with Gasteiger partial charge in [-0.25, -0.2) is 13.1 Å². The van der Waals surface area contributed by atoms with E-state index in [1.807, 2.05) is 7.05 Å². The molecule has 1 saturated heterocycles. The second-order valence-electron chi connectivity index (χ2n) is 4.59. The maximum Gasteiger partial charge on any atom is 0.240 e. The molecule has 6 nitrogen and oxygen atoms in total. The minimum absolute atomic E-state index is 0.220. The van der Waals surface area contributed by atoms with Gasteiger partial charge in [0.1, 0.15) is 0 Å². The van der Waals surface area contributed by atoms with Crippen LogP contribution in [0.2, 0.25) is 0 Å². The van der Waals surface area contributed by atoms with E-state index in [0.29, 0.717) is 26.4 Å². The fourth-order valence-corrected chi connectivity index (χ4v) is 3.00. The monoisotopic (exact) mass is 300 g/mol. The fraction of sp³-hybridized carbons (Fsp3) is 0.538. The fourth-order valence-electron chi connectivity index (χ4n) is 1.93. The Morgan fingerprint density at radius 3 is 2.60 bits per heavy atom. The molecular weight excluding hydrogens is 280 g/mol. The number of hydrogen-bond acceptors (Lipinski definition) is 5. The summed E-state index contributed by atoms with van der Waals surface area (Å²) in [5.41, 5.74) is 1.04. The Kier molecular flexibility index (Phi) is 5.50. The smallest absolute Gasteiger partial charge is 0.240 e. The molecule has 1 aliphatic rings. The molecule has 0 aromatic heterocycles. The maximum atomic E-state index is 12.1. The lowest BCUT2D eigenvalue weighted by Gasteiger charge is -2.23. The summed E-state index contributed by atoms with van der Waals surface area (Å²) in [6.07, 6.45) is -0.220. The molecule has 7 heteroatoms. The Hall–Kier alpha value is -0.990. The van der Waals surface area contributed by atoms with Crippen molar-refractivity contribution < 1.29 is 17.9 Å². The molecule has 0 saturated carbocycles. The third-order valence-electron chi connectivity index (χ3n) is 3.00. The Bertz CT molecular complexity index is 510.